The van der Waals surface area contributed by atoms with Gasteiger partial charge in [0.05, 0.1) is 47.7 Å². The molecule has 0 saturated carbocycles. The topological polar surface area (TPSA) is 140 Å². The Kier molecular flexibility index (Phi) is 7.93. The van der Waals surface area contributed by atoms with Crippen LogP contribution in [0.15, 0.2) is 82.4 Å². The minimum absolute atomic E-state index is 0.0158. The summed E-state index contributed by atoms with van der Waals surface area (Å²) in [6.07, 6.45) is 2.17. The van der Waals surface area contributed by atoms with Crippen molar-refractivity contribution in [1.29, 1.82) is 5.26 Å². The Hall–Kier alpha value is -4.25. The van der Waals surface area contributed by atoms with Gasteiger partial charge in [-0.25, -0.2) is 17.7 Å². The maximum absolute atomic E-state index is 15.3. The molecular weight excluding hydrogens is 618 g/mol. The number of ether oxygens (including phenoxy) is 1. The van der Waals surface area contributed by atoms with Crippen molar-refractivity contribution in [2.75, 3.05) is 32.1 Å². The smallest absolute Gasteiger partial charge is 0.271 e. The van der Waals surface area contributed by atoms with Gasteiger partial charge in [-0.3, -0.25) is 9.69 Å². The Labute approximate surface area is 265 Å². The average molecular weight is 648 g/mol. The number of amides is 1. The van der Waals surface area contributed by atoms with Gasteiger partial charge in [-0.15, -0.1) is 0 Å². The number of nitrogens with zero attached hydrogens (tertiary/aromatic N) is 5. The molecule has 1 aromatic heterocycles. The largest absolute Gasteiger partial charge is 0.496 e. The van der Waals surface area contributed by atoms with Crippen molar-refractivity contribution in [3.8, 4) is 11.8 Å². The zero-order valence-corrected chi connectivity index (χ0v) is 26.3. The normalized spacial score (nSPS) is 21.7. The second-order valence-corrected chi connectivity index (χ2v) is 13.5. The Morgan fingerprint density at radius 2 is 1.91 bits per heavy atom. The molecule has 1 N–H and O–H groups in total. The maximum Gasteiger partial charge on any atom is 0.271 e. The number of carbonyl (C=O) groups is 1. The Balaban J connectivity index is 1.66. The summed E-state index contributed by atoms with van der Waals surface area (Å²) in [5, 5.41) is 20.6. The van der Waals surface area contributed by atoms with Crippen molar-refractivity contribution < 1.29 is 27.5 Å². The molecule has 3 aromatic carbocycles. The number of hydrogen-bond acceptors (Lipinski definition) is 10. The fourth-order valence-electron chi connectivity index (χ4n) is 6.40. The van der Waals surface area contributed by atoms with Crippen LogP contribution in [0.2, 0.25) is 5.02 Å². The minimum Gasteiger partial charge on any atom is -0.496 e. The van der Waals surface area contributed by atoms with Gasteiger partial charge in [0, 0.05) is 29.2 Å². The fourth-order valence-corrected chi connectivity index (χ4v) is 8.03. The highest BCUT2D eigenvalue weighted by molar-refractivity contribution is 7.93. The molecular formula is C32H30ClN5O6S. The van der Waals surface area contributed by atoms with Crippen molar-refractivity contribution in [2.45, 2.75) is 35.5 Å². The van der Waals surface area contributed by atoms with E-state index in [9.17, 15) is 18.8 Å². The molecule has 0 aliphatic carbocycles. The van der Waals surface area contributed by atoms with Crippen LogP contribution >= 0.6 is 11.6 Å². The zero-order chi connectivity index (χ0) is 32.1. The van der Waals surface area contributed by atoms with Gasteiger partial charge in [-0.1, -0.05) is 23.7 Å². The van der Waals surface area contributed by atoms with E-state index < -0.39 is 33.6 Å². The highest BCUT2D eigenvalue weighted by atomic mass is 35.5. The van der Waals surface area contributed by atoms with E-state index in [1.165, 1.54) is 56.0 Å². The molecule has 11 nitrogen and oxygen atoms in total. The zero-order valence-electron chi connectivity index (χ0n) is 24.7. The molecule has 0 bridgehead atoms. The van der Waals surface area contributed by atoms with Gasteiger partial charge >= 0.3 is 0 Å². The number of β-amino-alcohol motifs (C(OH)–C–C–N with tert-alkyl or cyclic N) is 1. The number of methoxy groups -OCH3 is 1. The van der Waals surface area contributed by atoms with Crippen LogP contribution in [-0.4, -0.2) is 68.1 Å². The molecule has 13 heteroatoms. The van der Waals surface area contributed by atoms with Gasteiger partial charge in [0.2, 0.25) is 5.89 Å². The molecule has 3 heterocycles. The number of carbonyl (C=O) groups excluding carboxylic acids is 1. The lowest BCUT2D eigenvalue weighted by atomic mass is 9.80. The molecule has 1 fully saturated rings. The number of aliphatic hydroxyl groups excluding tert-OH is 1. The van der Waals surface area contributed by atoms with Crippen molar-refractivity contribution in [3.63, 3.8) is 0 Å². The summed E-state index contributed by atoms with van der Waals surface area (Å²) in [4.78, 5) is 23.2. The predicted molar refractivity (Wildman–Crippen MR) is 165 cm³/mol. The van der Waals surface area contributed by atoms with E-state index >= 15 is 4.79 Å². The molecule has 6 rings (SSSR count). The molecule has 0 radical (unpaired) electrons. The second-order valence-electron chi connectivity index (χ2n) is 11.3. The first-order valence-corrected chi connectivity index (χ1v) is 15.9. The first-order valence-electron chi connectivity index (χ1n) is 14.1. The molecule has 45 heavy (non-hydrogen) atoms. The minimum atomic E-state index is -4.52. The van der Waals surface area contributed by atoms with Gasteiger partial charge in [0.25, 0.3) is 15.9 Å². The summed E-state index contributed by atoms with van der Waals surface area (Å²) in [5.41, 5.74) is 0.0794. The molecule has 1 unspecified atom stereocenters. The van der Waals surface area contributed by atoms with E-state index in [1.54, 1.807) is 17.0 Å². The van der Waals surface area contributed by atoms with E-state index in [0.717, 1.165) is 9.87 Å². The first kappa shape index (κ1) is 30.8. The number of rotatable bonds is 8. The van der Waals surface area contributed by atoms with Crippen LogP contribution in [0.1, 0.15) is 40.6 Å². The molecule has 1 saturated heterocycles. The molecule has 0 spiro atoms. The lowest BCUT2D eigenvalue weighted by Gasteiger charge is -2.41. The lowest BCUT2D eigenvalue weighted by molar-refractivity contribution is -0.127. The van der Waals surface area contributed by atoms with E-state index in [1.807, 2.05) is 37.2 Å². The Morgan fingerprint density at radius 3 is 2.56 bits per heavy atom. The van der Waals surface area contributed by atoms with E-state index in [-0.39, 0.29) is 40.0 Å². The van der Waals surface area contributed by atoms with Crippen LogP contribution in [0.5, 0.6) is 5.75 Å². The Bertz CT molecular complexity index is 1910. The molecule has 232 valence electrons. The van der Waals surface area contributed by atoms with Gasteiger partial charge < -0.3 is 19.2 Å². The van der Waals surface area contributed by atoms with Crippen LogP contribution in [-0.2, 0) is 26.9 Å². The number of nitriles is 1. The monoisotopic (exact) mass is 647 g/mol. The number of anilines is 1. The highest BCUT2D eigenvalue weighted by Crippen LogP contribution is 2.56. The van der Waals surface area contributed by atoms with Gasteiger partial charge in [0.1, 0.15) is 12.0 Å². The number of benzene rings is 3. The van der Waals surface area contributed by atoms with Gasteiger partial charge in [0.15, 0.2) is 5.54 Å². The molecule has 2 aliphatic heterocycles. The summed E-state index contributed by atoms with van der Waals surface area (Å²) in [5.74, 6) is -0.203. The van der Waals surface area contributed by atoms with Crippen LogP contribution in [0.25, 0.3) is 0 Å². The number of sulfonamides is 1. The van der Waals surface area contributed by atoms with E-state index in [0.29, 0.717) is 23.4 Å². The summed E-state index contributed by atoms with van der Waals surface area (Å²) < 4.78 is 41.2. The van der Waals surface area contributed by atoms with Crippen LogP contribution in [0.3, 0.4) is 0 Å². The summed E-state index contributed by atoms with van der Waals surface area (Å²) >= 11 is 6.58. The number of oxazole rings is 1. The van der Waals surface area contributed by atoms with Crippen LogP contribution in [0.4, 0.5) is 5.69 Å². The van der Waals surface area contributed by atoms with E-state index in [4.69, 9.17) is 20.8 Å². The summed E-state index contributed by atoms with van der Waals surface area (Å²) in [6.45, 7) is 0.568. The number of likely N-dealkylation sites (tertiary alicyclic amines) is 1. The SMILES string of the molecule is COc1cc(CN(C)C)ccc1C1(N2C[C@H](O)C[C@H]2c2ncco2)C(=O)N(S(=O)(=O)c2ccc(C#N)cc2)c2ccc(Cl)cc21. The van der Waals surface area contributed by atoms with E-state index in [2.05, 4.69) is 4.98 Å². The third-order valence-corrected chi connectivity index (χ3v) is 10.1. The quantitative estimate of drug-likeness (QED) is 0.298. The molecule has 2 aliphatic rings. The first-order chi connectivity index (χ1) is 21.5. The van der Waals surface area contributed by atoms with Crippen LogP contribution < -0.4 is 9.04 Å². The fraction of sp³-hybridized carbons (Fsp3) is 0.281. The number of fused-ring (bicyclic) bond motifs is 1. The van der Waals surface area contributed by atoms with Crippen molar-refractivity contribution in [1.82, 2.24) is 14.8 Å². The van der Waals surface area contributed by atoms with Crippen molar-refractivity contribution in [2.24, 2.45) is 0 Å². The third kappa shape index (κ3) is 4.97. The lowest BCUT2D eigenvalue weighted by Crippen LogP contribution is -2.55. The van der Waals surface area contributed by atoms with Crippen molar-refractivity contribution >= 4 is 33.2 Å². The summed E-state index contributed by atoms with van der Waals surface area (Å²) in [7, 11) is 0.825. The number of halogens is 1. The Morgan fingerprint density at radius 1 is 1.16 bits per heavy atom. The number of aliphatic hydroxyl groups is 1. The van der Waals surface area contributed by atoms with Gasteiger partial charge in [-0.2, -0.15) is 5.26 Å². The van der Waals surface area contributed by atoms with Crippen molar-refractivity contribution in [3.05, 3.63) is 106 Å². The predicted octanol–water partition coefficient (Wildman–Crippen LogP) is 4.06. The number of hydrogen-bond donors (Lipinski definition) is 1. The third-order valence-electron chi connectivity index (χ3n) is 8.18. The molecule has 1 amide bonds. The standard InChI is InChI=1S/C32H30ClN5O6S/c1-36(2)18-21-6-10-25(29(14-21)43-3)32(37-19-23(39)16-28(37)30-35-12-13-44-30)26-15-22(33)7-11-27(26)38(31(32)40)45(41,42)24-8-4-20(17-34)5-9-24/h4-15,23,28,39H,16,18-19H2,1-3H3/t23-,28+,32?/m1/s1. The van der Waals surface area contributed by atoms with Crippen LogP contribution in [0, 0.1) is 11.3 Å². The second kappa shape index (κ2) is 11.6. The average Bonchev–Trinajstić information content (AvgIpc) is 3.74. The van der Waals surface area contributed by atoms with Gasteiger partial charge in [-0.05, 0) is 74.6 Å². The highest BCUT2D eigenvalue weighted by Gasteiger charge is 2.63. The summed E-state index contributed by atoms with van der Waals surface area (Å²) in [6, 6.07) is 16.6. The number of aromatic nitrogens is 1. The molecule has 4 aromatic rings. The maximum atomic E-state index is 15.3. The molecule has 3 atom stereocenters.